The molecule has 0 fully saturated rings. The van der Waals surface area contributed by atoms with Crippen LogP contribution in [0.5, 0.6) is 0 Å². The molecule has 0 aliphatic carbocycles. The molecule has 0 saturated heterocycles. The smallest absolute Gasteiger partial charge is 0.151 e. The van der Waals surface area contributed by atoms with Crippen molar-refractivity contribution in [1.29, 1.82) is 0 Å². The van der Waals surface area contributed by atoms with Crippen LogP contribution in [0, 0.1) is 5.82 Å². The van der Waals surface area contributed by atoms with E-state index in [1.807, 2.05) is 0 Å². The molecule has 1 atom stereocenters. The topological polar surface area (TPSA) is 37.3 Å². The molecule has 0 amide bonds. The van der Waals surface area contributed by atoms with Crippen LogP contribution >= 0.6 is 0 Å². The van der Waals surface area contributed by atoms with Crippen molar-refractivity contribution in [3.05, 3.63) is 35.6 Å². The summed E-state index contributed by atoms with van der Waals surface area (Å²) >= 11 is 0. The molecule has 0 spiro atoms. The predicted octanol–water partition coefficient (Wildman–Crippen LogP) is 1.71. The molecule has 0 heterocycles. The van der Waals surface area contributed by atoms with E-state index in [4.69, 9.17) is 0 Å². The fraction of sp³-hybridized carbons (Fsp3) is 0.364. The summed E-state index contributed by atoms with van der Waals surface area (Å²) in [6, 6.07) is 6.35. The van der Waals surface area contributed by atoms with Gasteiger partial charge in [-0.05, 0) is 31.4 Å². The Balaban J connectivity index is 2.62. The van der Waals surface area contributed by atoms with Crippen molar-refractivity contribution >= 4 is 6.29 Å². The molecule has 1 N–H and O–H groups in total. The van der Waals surface area contributed by atoms with E-state index in [-0.39, 0.29) is 12.2 Å². The lowest BCUT2D eigenvalue weighted by Crippen LogP contribution is -2.26. The minimum atomic E-state index is -1.36. The highest BCUT2D eigenvalue weighted by Gasteiger charge is 2.19. The molecule has 1 aromatic carbocycles. The van der Waals surface area contributed by atoms with Gasteiger partial charge in [0.2, 0.25) is 0 Å². The lowest BCUT2D eigenvalue weighted by Gasteiger charge is -2.15. The summed E-state index contributed by atoms with van der Waals surface area (Å²) < 4.78 is 13.1. The van der Waals surface area contributed by atoms with Gasteiger partial charge < -0.3 is 9.90 Å². The highest BCUT2D eigenvalue weighted by Crippen LogP contribution is 2.14. The summed E-state index contributed by atoms with van der Waals surface area (Å²) in [6.07, 6.45) is 1.07. The Morgan fingerprint density at radius 3 is 2.71 bits per heavy atom. The van der Waals surface area contributed by atoms with E-state index in [1.54, 1.807) is 18.2 Å². The first-order valence-electron chi connectivity index (χ1n) is 4.47. The van der Waals surface area contributed by atoms with E-state index in [0.717, 1.165) is 0 Å². The minimum absolute atomic E-state index is 0.234. The molecular formula is C11H13FO2. The Kier molecular flexibility index (Phi) is 3.36. The average molecular weight is 196 g/mol. The number of carbonyl (C=O) groups is 1. The number of aldehydes is 1. The predicted molar refractivity (Wildman–Crippen MR) is 51.4 cm³/mol. The molecule has 1 unspecified atom stereocenters. The number of carbonyl (C=O) groups excluding carboxylic acids is 1. The molecule has 2 nitrogen and oxygen atoms in total. The van der Waals surface area contributed by atoms with Gasteiger partial charge in [-0.1, -0.05) is 18.2 Å². The first kappa shape index (κ1) is 10.9. The molecule has 0 radical (unpaired) electrons. The van der Waals surface area contributed by atoms with Crippen LogP contribution in [-0.4, -0.2) is 17.0 Å². The van der Waals surface area contributed by atoms with E-state index in [9.17, 15) is 14.3 Å². The van der Waals surface area contributed by atoms with E-state index in [2.05, 4.69) is 0 Å². The zero-order chi connectivity index (χ0) is 10.6. The lowest BCUT2D eigenvalue weighted by atomic mass is 9.98. The zero-order valence-electron chi connectivity index (χ0n) is 8.03. The van der Waals surface area contributed by atoms with Crippen molar-refractivity contribution in [3.8, 4) is 0 Å². The molecule has 0 aliphatic heterocycles. The highest BCUT2D eigenvalue weighted by atomic mass is 19.1. The molecule has 1 rings (SSSR count). The van der Waals surface area contributed by atoms with Gasteiger partial charge in [0, 0.05) is 0 Å². The third kappa shape index (κ3) is 2.92. The van der Waals surface area contributed by atoms with Gasteiger partial charge >= 0.3 is 0 Å². The van der Waals surface area contributed by atoms with Crippen molar-refractivity contribution in [2.75, 3.05) is 0 Å². The van der Waals surface area contributed by atoms with Crippen LogP contribution in [0.25, 0.3) is 0 Å². The van der Waals surface area contributed by atoms with Crippen LogP contribution in [0.15, 0.2) is 24.3 Å². The van der Waals surface area contributed by atoms with Gasteiger partial charge in [0.1, 0.15) is 11.4 Å². The fourth-order valence-corrected chi connectivity index (χ4v) is 1.15. The Morgan fingerprint density at radius 2 is 2.14 bits per heavy atom. The van der Waals surface area contributed by atoms with Crippen LogP contribution in [0.1, 0.15) is 18.9 Å². The fourth-order valence-electron chi connectivity index (χ4n) is 1.15. The van der Waals surface area contributed by atoms with Gasteiger partial charge in [0.05, 0.1) is 0 Å². The second-order valence-electron chi connectivity index (χ2n) is 3.57. The number of hydrogen-bond acceptors (Lipinski definition) is 2. The summed E-state index contributed by atoms with van der Waals surface area (Å²) in [4.78, 5) is 10.4. The van der Waals surface area contributed by atoms with E-state index in [1.165, 1.54) is 13.0 Å². The van der Waals surface area contributed by atoms with Crippen LogP contribution < -0.4 is 0 Å². The quantitative estimate of drug-likeness (QED) is 0.744. The SMILES string of the molecule is CC(O)(C=O)CCc1ccccc1F. The maximum Gasteiger partial charge on any atom is 0.151 e. The molecule has 0 bridgehead atoms. The summed E-state index contributed by atoms with van der Waals surface area (Å²) in [7, 11) is 0. The Bertz CT molecular complexity index is 321. The molecular weight excluding hydrogens is 183 g/mol. The molecule has 0 aliphatic rings. The van der Waals surface area contributed by atoms with Crippen molar-refractivity contribution in [1.82, 2.24) is 0 Å². The molecule has 0 saturated carbocycles. The number of aryl methyl sites for hydroxylation is 1. The highest BCUT2D eigenvalue weighted by molar-refractivity contribution is 5.61. The Morgan fingerprint density at radius 1 is 1.50 bits per heavy atom. The lowest BCUT2D eigenvalue weighted by molar-refractivity contribution is -0.122. The second kappa shape index (κ2) is 4.33. The van der Waals surface area contributed by atoms with Crippen molar-refractivity contribution in [2.24, 2.45) is 0 Å². The Hall–Kier alpha value is -1.22. The summed E-state index contributed by atoms with van der Waals surface area (Å²) in [5.41, 5.74) is -0.836. The first-order chi connectivity index (χ1) is 6.55. The summed E-state index contributed by atoms with van der Waals surface area (Å²) in [5.74, 6) is -0.297. The van der Waals surface area contributed by atoms with E-state index in [0.29, 0.717) is 18.3 Å². The van der Waals surface area contributed by atoms with Crippen molar-refractivity contribution in [3.63, 3.8) is 0 Å². The second-order valence-corrected chi connectivity index (χ2v) is 3.57. The molecule has 14 heavy (non-hydrogen) atoms. The number of benzene rings is 1. The van der Waals surface area contributed by atoms with Gasteiger partial charge in [-0.15, -0.1) is 0 Å². The molecule has 3 heteroatoms. The Labute approximate surface area is 82.4 Å². The standard InChI is InChI=1S/C11H13FO2/c1-11(14,8-13)7-6-9-4-2-3-5-10(9)12/h2-5,8,14H,6-7H2,1H3. The zero-order valence-corrected chi connectivity index (χ0v) is 8.03. The molecule has 1 aromatic rings. The third-order valence-electron chi connectivity index (χ3n) is 2.11. The van der Waals surface area contributed by atoms with E-state index >= 15 is 0 Å². The minimum Gasteiger partial charge on any atom is -0.383 e. The molecule has 76 valence electrons. The number of rotatable bonds is 4. The van der Waals surface area contributed by atoms with Gasteiger partial charge in [-0.25, -0.2) is 4.39 Å². The van der Waals surface area contributed by atoms with E-state index < -0.39 is 5.60 Å². The maximum atomic E-state index is 13.1. The summed E-state index contributed by atoms with van der Waals surface area (Å²) in [5, 5.41) is 9.38. The normalized spacial score (nSPS) is 14.8. The molecule has 0 aromatic heterocycles. The largest absolute Gasteiger partial charge is 0.383 e. The van der Waals surface area contributed by atoms with Gasteiger partial charge in [-0.2, -0.15) is 0 Å². The van der Waals surface area contributed by atoms with Crippen molar-refractivity contribution < 1.29 is 14.3 Å². The number of aliphatic hydroxyl groups is 1. The van der Waals surface area contributed by atoms with Gasteiger partial charge in [0.15, 0.2) is 6.29 Å². The monoisotopic (exact) mass is 196 g/mol. The maximum absolute atomic E-state index is 13.1. The van der Waals surface area contributed by atoms with Gasteiger partial charge in [-0.3, -0.25) is 0 Å². The third-order valence-corrected chi connectivity index (χ3v) is 2.11. The average Bonchev–Trinajstić information content (AvgIpc) is 2.17. The van der Waals surface area contributed by atoms with Crippen LogP contribution in [0.4, 0.5) is 4.39 Å². The van der Waals surface area contributed by atoms with Crippen molar-refractivity contribution in [2.45, 2.75) is 25.4 Å². The van der Waals surface area contributed by atoms with Crippen LogP contribution in [0.3, 0.4) is 0 Å². The first-order valence-corrected chi connectivity index (χ1v) is 4.47. The van der Waals surface area contributed by atoms with Crippen LogP contribution in [0.2, 0.25) is 0 Å². The number of halogens is 1. The summed E-state index contributed by atoms with van der Waals surface area (Å²) in [6.45, 7) is 1.42. The van der Waals surface area contributed by atoms with Gasteiger partial charge in [0.25, 0.3) is 0 Å². The van der Waals surface area contributed by atoms with Crippen LogP contribution in [-0.2, 0) is 11.2 Å². The number of hydrogen-bond donors (Lipinski definition) is 1.